The first-order valence-corrected chi connectivity index (χ1v) is 8.40. The number of fused-ring (bicyclic) bond motifs is 1. The third-order valence-electron chi connectivity index (χ3n) is 4.12. The molecule has 0 spiro atoms. The minimum atomic E-state index is -0.758. The van der Waals surface area contributed by atoms with Crippen molar-refractivity contribution in [2.45, 2.75) is 12.6 Å². The molecule has 1 heterocycles. The second-order valence-electron chi connectivity index (χ2n) is 5.95. The Morgan fingerprint density at radius 1 is 1.16 bits per heavy atom. The second-order valence-corrected chi connectivity index (χ2v) is 6.39. The van der Waals surface area contributed by atoms with Crippen molar-refractivity contribution in [1.29, 1.82) is 0 Å². The normalized spacial score (nSPS) is 12.1. The molecule has 3 aromatic rings. The van der Waals surface area contributed by atoms with Gasteiger partial charge in [0.15, 0.2) is 0 Å². The molecule has 5 nitrogen and oxygen atoms in total. The summed E-state index contributed by atoms with van der Waals surface area (Å²) in [5, 5.41) is 17.4. The summed E-state index contributed by atoms with van der Waals surface area (Å²) >= 11 is 5.83. The molecule has 2 amide bonds. The molecule has 1 aromatic heterocycles. The highest BCUT2D eigenvalue weighted by Crippen LogP contribution is 2.20. The van der Waals surface area contributed by atoms with E-state index in [0.717, 1.165) is 22.0 Å². The number of carbonyl (C=O) groups is 1. The summed E-state index contributed by atoms with van der Waals surface area (Å²) in [6.07, 6.45) is 1.22. The Hall–Kier alpha value is -2.50. The average molecular weight is 358 g/mol. The van der Waals surface area contributed by atoms with E-state index in [0.29, 0.717) is 11.6 Å². The standard InChI is InChI=1S/C19H20ClN3O2/c1-23-9-8-14-10-15(4-7-17(14)23)18(24)12-22-19(25)21-11-13-2-5-16(20)6-3-13/h2-10,18,24H,11-12H2,1H3,(H2,21,22,25). The van der Waals surface area contributed by atoms with Crippen LogP contribution < -0.4 is 10.6 Å². The van der Waals surface area contributed by atoms with Gasteiger partial charge in [-0.1, -0.05) is 29.8 Å². The Kier molecular flexibility index (Phi) is 5.26. The number of urea groups is 1. The van der Waals surface area contributed by atoms with E-state index in [2.05, 4.69) is 10.6 Å². The number of rotatable bonds is 5. The highest BCUT2D eigenvalue weighted by Gasteiger charge is 2.11. The van der Waals surface area contributed by atoms with E-state index in [9.17, 15) is 9.90 Å². The third-order valence-corrected chi connectivity index (χ3v) is 4.37. The van der Waals surface area contributed by atoms with E-state index in [-0.39, 0.29) is 12.6 Å². The molecule has 6 heteroatoms. The van der Waals surface area contributed by atoms with Crippen LogP contribution in [0.15, 0.2) is 54.7 Å². The van der Waals surface area contributed by atoms with E-state index in [1.165, 1.54) is 0 Å². The van der Waals surface area contributed by atoms with Crippen molar-refractivity contribution in [3.05, 3.63) is 70.9 Å². The van der Waals surface area contributed by atoms with Gasteiger partial charge in [0.25, 0.3) is 0 Å². The fraction of sp³-hybridized carbons (Fsp3) is 0.211. The minimum absolute atomic E-state index is 0.144. The maximum Gasteiger partial charge on any atom is 0.315 e. The molecule has 0 saturated carbocycles. The lowest BCUT2D eigenvalue weighted by molar-refractivity contribution is 0.173. The van der Waals surface area contributed by atoms with Crippen molar-refractivity contribution in [1.82, 2.24) is 15.2 Å². The van der Waals surface area contributed by atoms with E-state index >= 15 is 0 Å². The molecule has 0 radical (unpaired) electrons. The van der Waals surface area contributed by atoms with Gasteiger partial charge >= 0.3 is 6.03 Å². The highest BCUT2D eigenvalue weighted by molar-refractivity contribution is 6.30. The fourth-order valence-electron chi connectivity index (χ4n) is 2.66. The van der Waals surface area contributed by atoms with Gasteiger partial charge in [-0.25, -0.2) is 4.79 Å². The lowest BCUT2D eigenvalue weighted by Crippen LogP contribution is -2.37. The summed E-state index contributed by atoms with van der Waals surface area (Å²) in [7, 11) is 1.98. The molecule has 3 N–H and O–H groups in total. The molecule has 0 fully saturated rings. The van der Waals surface area contributed by atoms with Crippen LogP contribution in [-0.4, -0.2) is 22.2 Å². The number of nitrogens with zero attached hydrogens (tertiary/aromatic N) is 1. The van der Waals surface area contributed by atoms with Crippen LogP contribution in [0.5, 0.6) is 0 Å². The number of hydrogen-bond donors (Lipinski definition) is 3. The minimum Gasteiger partial charge on any atom is -0.387 e. The van der Waals surface area contributed by atoms with Gasteiger partial charge in [-0.3, -0.25) is 0 Å². The Labute approximate surface area is 151 Å². The number of benzene rings is 2. The maximum absolute atomic E-state index is 11.9. The average Bonchev–Trinajstić information content (AvgIpc) is 2.99. The van der Waals surface area contributed by atoms with E-state index < -0.39 is 6.10 Å². The van der Waals surface area contributed by atoms with Gasteiger partial charge in [-0.2, -0.15) is 0 Å². The largest absolute Gasteiger partial charge is 0.387 e. The molecule has 0 saturated heterocycles. The first-order valence-electron chi connectivity index (χ1n) is 8.02. The number of aromatic nitrogens is 1. The number of nitrogens with one attached hydrogen (secondary N) is 2. The van der Waals surface area contributed by atoms with Crippen molar-refractivity contribution in [2.75, 3.05) is 6.54 Å². The van der Waals surface area contributed by atoms with Crippen LogP contribution in [0.1, 0.15) is 17.2 Å². The number of aliphatic hydroxyl groups excluding tert-OH is 1. The monoisotopic (exact) mass is 357 g/mol. The van der Waals surface area contributed by atoms with Gasteiger partial charge in [0.1, 0.15) is 0 Å². The Morgan fingerprint density at radius 2 is 1.92 bits per heavy atom. The summed E-state index contributed by atoms with van der Waals surface area (Å²) in [5.41, 5.74) is 2.83. The van der Waals surface area contributed by atoms with Gasteiger partial charge in [0, 0.05) is 36.9 Å². The Balaban J connectivity index is 1.51. The van der Waals surface area contributed by atoms with Gasteiger partial charge in [-0.05, 0) is 46.8 Å². The van der Waals surface area contributed by atoms with Gasteiger partial charge in [0.2, 0.25) is 0 Å². The summed E-state index contributed by atoms with van der Waals surface area (Å²) in [6, 6.07) is 14.7. The molecule has 0 aliphatic heterocycles. The summed E-state index contributed by atoms with van der Waals surface area (Å²) < 4.78 is 2.02. The quantitative estimate of drug-likeness (QED) is 0.655. The van der Waals surface area contributed by atoms with Crippen LogP contribution in [0.3, 0.4) is 0 Å². The molecule has 130 valence electrons. The van der Waals surface area contributed by atoms with Crippen molar-refractivity contribution < 1.29 is 9.90 Å². The molecule has 3 rings (SSSR count). The number of hydrogen-bond acceptors (Lipinski definition) is 2. The topological polar surface area (TPSA) is 66.3 Å². The second kappa shape index (κ2) is 7.59. The molecule has 2 aromatic carbocycles. The summed E-state index contributed by atoms with van der Waals surface area (Å²) in [6.45, 7) is 0.542. The maximum atomic E-state index is 11.9. The van der Waals surface area contributed by atoms with Crippen LogP contribution >= 0.6 is 11.6 Å². The zero-order valence-electron chi connectivity index (χ0n) is 13.9. The molecule has 1 atom stereocenters. The molecular formula is C19H20ClN3O2. The van der Waals surface area contributed by atoms with Gasteiger partial charge in [0.05, 0.1) is 6.10 Å². The van der Waals surface area contributed by atoms with Crippen molar-refractivity contribution in [2.24, 2.45) is 7.05 Å². The molecule has 1 unspecified atom stereocenters. The Morgan fingerprint density at radius 3 is 2.68 bits per heavy atom. The highest BCUT2D eigenvalue weighted by atomic mass is 35.5. The van der Waals surface area contributed by atoms with Crippen LogP contribution in [0.4, 0.5) is 4.79 Å². The number of aryl methyl sites for hydroxylation is 1. The fourth-order valence-corrected chi connectivity index (χ4v) is 2.79. The number of aliphatic hydroxyl groups is 1. The first-order chi connectivity index (χ1) is 12.0. The van der Waals surface area contributed by atoms with Crippen LogP contribution in [0, 0.1) is 0 Å². The predicted molar refractivity (Wildman–Crippen MR) is 99.6 cm³/mol. The number of halogens is 1. The smallest absolute Gasteiger partial charge is 0.315 e. The van der Waals surface area contributed by atoms with Gasteiger partial charge in [-0.15, -0.1) is 0 Å². The van der Waals surface area contributed by atoms with Crippen LogP contribution in [0.2, 0.25) is 5.02 Å². The number of amides is 2. The van der Waals surface area contributed by atoms with E-state index in [1.807, 2.05) is 54.2 Å². The number of carbonyl (C=O) groups excluding carboxylic acids is 1. The van der Waals surface area contributed by atoms with Crippen LogP contribution in [-0.2, 0) is 13.6 Å². The SMILES string of the molecule is Cn1ccc2cc(C(O)CNC(=O)NCc3ccc(Cl)cc3)ccc21. The van der Waals surface area contributed by atoms with Crippen molar-refractivity contribution in [3.63, 3.8) is 0 Å². The molecule has 25 heavy (non-hydrogen) atoms. The molecule has 0 aliphatic carbocycles. The van der Waals surface area contributed by atoms with E-state index in [1.54, 1.807) is 12.1 Å². The molecular weight excluding hydrogens is 338 g/mol. The van der Waals surface area contributed by atoms with Crippen molar-refractivity contribution in [3.8, 4) is 0 Å². The lowest BCUT2D eigenvalue weighted by atomic mass is 10.1. The lowest BCUT2D eigenvalue weighted by Gasteiger charge is -2.13. The summed E-state index contributed by atoms with van der Waals surface area (Å²) in [4.78, 5) is 11.9. The zero-order valence-corrected chi connectivity index (χ0v) is 14.6. The third kappa shape index (κ3) is 4.32. The summed E-state index contributed by atoms with van der Waals surface area (Å²) in [5.74, 6) is 0. The van der Waals surface area contributed by atoms with Gasteiger partial charge < -0.3 is 20.3 Å². The van der Waals surface area contributed by atoms with Crippen LogP contribution in [0.25, 0.3) is 10.9 Å². The molecule has 0 aliphatic rings. The molecule has 0 bridgehead atoms. The first kappa shape index (κ1) is 17.3. The predicted octanol–water partition coefficient (Wildman–Crippen LogP) is 3.36. The Bertz CT molecular complexity index is 874. The van der Waals surface area contributed by atoms with E-state index in [4.69, 9.17) is 11.6 Å². The zero-order chi connectivity index (χ0) is 17.8. The van der Waals surface area contributed by atoms with Crippen molar-refractivity contribution >= 4 is 28.5 Å².